The van der Waals surface area contributed by atoms with E-state index in [0.29, 0.717) is 12.2 Å². The summed E-state index contributed by atoms with van der Waals surface area (Å²) >= 11 is 0. The summed E-state index contributed by atoms with van der Waals surface area (Å²) in [6.45, 7) is 9.24. The van der Waals surface area contributed by atoms with E-state index in [9.17, 15) is 0 Å². The number of piperazine rings is 1. The molecular weight excluding hydrogens is 310 g/mol. The Labute approximate surface area is 152 Å². The Morgan fingerprint density at radius 1 is 0.840 bits per heavy atom. The highest BCUT2D eigenvalue weighted by atomic mass is 16.5. The van der Waals surface area contributed by atoms with Gasteiger partial charge in [-0.15, -0.1) is 0 Å². The van der Waals surface area contributed by atoms with Crippen molar-refractivity contribution in [3.05, 3.63) is 29.8 Å². The van der Waals surface area contributed by atoms with Crippen LogP contribution in [0.4, 0.5) is 5.69 Å². The molecule has 1 saturated carbocycles. The van der Waals surface area contributed by atoms with Crippen LogP contribution in [0.1, 0.15) is 31.2 Å². The first-order valence-corrected chi connectivity index (χ1v) is 10.1. The summed E-state index contributed by atoms with van der Waals surface area (Å²) < 4.78 is 6.33. The van der Waals surface area contributed by atoms with E-state index in [1.165, 1.54) is 63.1 Å². The smallest absolute Gasteiger partial charge is 0.0608 e. The lowest BCUT2D eigenvalue weighted by molar-refractivity contribution is -0.102. The molecule has 1 aromatic carbocycles. The quantitative estimate of drug-likeness (QED) is 0.837. The maximum atomic E-state index is 6.33. The molecule has 4 rings (SSSR count). The molecule has 3 fully saturated rings. The monoisotopic (exact) mass is 343 g/mol. The number of piperidine rings is 1. The lowest BCUT2D eigenvalue weighted by Crippen LogP contribution is -2.56. The second kappa shape index (κ2) is 7.65. The Morgan fingerprint density at radius 3 is 2.12 bits per heavy atom. The number of rotatable bonds is 4. The normalized spacial score (nSPS) is 29.6. The van der Waals surface area contributed by atoms with E-state index >= 15 is 0 Å². The maximum Gasteiger partial charge on any atom is 0.0608 e. The summed E-state index contributed by atoms with van der Waals surface area (Å²) in [5.41, 5.74) is 2.72. The van der Waals surface area contributed by atoms with Gasteiger partial charge in [-0.05, 0) is 51.8 Å². The molecule has 25 heavy (non-hydrogen) atoms. The van der Waals surface area contributed by atoms with Crippen LogP contribution in [-0.4, -0.2) is 74.4 Å². The molecule has 4 heteroatoms. The first kappa shape index (κ1) is 17.3. The zero-order valence-corrected chi connectivity index (χ0v) is 15.9. The Morgan fingerprint density at radius 2 is 1.48 bits per heavy atom. The van der Waals surface area contributed by atoms with E-state index in [4.69, 9.17) is 4.74 Å². The Bertz CT molecular complexity index is 539. The lowest BCUT2D eigenvalue weighted by atomic mass is 9.87. The standard InChI is InChI=1S/C21H33N3O/c1-17-3-5-18(6-4-17)23-11-13-24(14-12-23)19-15-21(16-19)25-20-7-9-22(2)10-8-20/h3-6,19-21H,7-16H2,1-2H3. The van der Waals surface area contributed by atoms with Crippen LogP contribution in [-0.2, 0) is 4.74 Å². The van der Waals surface area contributed by atoms with Crippen LogP contribution in [0.3, 0.4) is 0 Å². The predicted molar refractivity (Wildman–Crippen MR) is 103 cm³/mol. The summed E-state index contributed by atoms with van der Waals surface area (Å²) in [5, 5.41) is 0. The van der Waals surface area contributed by atoms with Crippen molar-refractivity contribution in [2.24, 2.45) is 0 Å². The van der Waals surface area contributed by atoms with Gasteiger partial charge in [0.05, 0.1) is 12.2 Å². The molecule has 0 radical (unpaired) electrons. The molecule has 0 amide bonds. The van der Waals surface area contributed by atoms with Gasteiger partial charge in [0, 0.05) is 51.0 Å². The van der Waals surface area contributed by atoms with Gasteiger partial charge in [-0.1, -0.05) is 17.7 Å². The third-order valence-electron chi connectivity index (χ3n) is 6.35. The molecule has 2 heterocycles. The number of nitrogens with zero attached hydrogens (tertiary/aromatic N) is 3. The Balaban J connectivity index is 1.18. The molecule has 1 aliphatic carbocycles. The lowest BCUT2D eigenvalue weighted by Gasteiger charge is -2.47. The van der Waals surface area contributed by atoms with E-state index in [2.05, 4.69) is 52.9 Å². The molecule has 0 atom stereocenters. The van der Waals surface area contributed by atoms with Gasteiger partial charge in [-0.3, -0.25) is 4.90 Å². The fourth-order valence-electron chi connectivity index (χ4n) is 4.44. The van der Waals surface area contributed by atoms with E-state index in [1.54, 1.807) is 0 Å². The fourth-order valence-corrected chi connectivity index (χ4v) is 4.44. The number of benzene rings is 1. The first-order valence-electron chi connectivity index (χ1n) is 10.1. The summed E-state index contributed by atoms with van der Waals surface area (Å²) in [6.07, 6.45) is 5.96. The summed E-state index contributed by atoms with van der Waals surface area (Å²) in [5.74, 6) is 0. The molecule has 138 valence electrons. The van der Waals surface area contributed by atoms with Crippen molar-refractivity contribution in [3.8, 4) is 0 Å². The molecule has 0 aromatic heterocycles. The predicted octanol–water partition coefficient (Wildman–Crippen LogP) is 2.76. The largest absolute Gasteiger partial charge is 0.375 e. The molecule has 2 aliphatic heterocycles. The minimum Gasteiger partial charge on any atom is -0.375 e. The highest BCUT2D eigenvalue weighted by Crippen LogP contribution is 2.32. The topological polar surface area (TPSA) is 19.0 Å². The van der Waals surface area contributed by atoms with Crippen molar-refractivity contribution in [2.75, 3.05) is 51.2 Å². The zero-order valence-electron chi connectivity index (χ0n) is 15.9. The Hall–Kier alpha value is -1.10. The van der Waals surface area contributed by atoms with Gasteiger partial charge in [-0.2, -0.15) is 0 Å². The molecule has 2 saturated heterocycles. The molecule has 0 bridgehead atoms. The third-order valence-corrected chi connectivity index (χ3v) is 6.35. The summed E-state index contributed by atoms with van der Waals surface area (Å²) in [6, 6.07) is 9.73. The number of aryl methyl sites for hydroxylation is 1. The van der Waals surface area contributed by atoms with Gasteiger partial charge < -0.3 is 14.5 Å². The van der Waals surface area contributed by atoms with Gasteiger partial charge in [0.1, 0.15) is 0 Å². The second-order valence-electron chi connectivity index (χ2n) is 8.24. The highest BCUT2D eigenvalue weighted by Gasteiger charge is 2.37. The van der Waals surface area contributed by atoms with Gasteiger partial charge in [0.15, 0.2) is 0 Å². The van der Waals surface area contributed by atoms with Gasteiger partial charge in [0.25, 0.3) is 0 Å². The number of anilines is 1. The number of likely N-dealkylation sites (tertiary alicyclic amines) is 1. The Kier molecular flexibility index (Phi) is 5.30. The average Bonchev–Trinajstić information content (AvgIpc) is 2.60. The number of ether oxygens (including phenoxy) is 1. The number of hydrogen-bond acceptors (Lipinski definition) is 4. The van der Waals surface area contributed by atoms with Gasteiger partial charge >= 0.3 is 0 Å². The third kappa shape index (κ3) is 4.18. The molecule has 1 aromatic rings. The van der Waals surface area contributed by atoms with Gasteiger partial charge in [0.2, 0.25) is 0 Å². The zero-order chi connectivity index (χ0) is 17.2. The van der Waals surface area contributed by atoms with Crippen LogP contribution >= 0.6 is 0 Å². The molecule has 3 aliphatic rings. The second-order valence-corrected chi connectivity index (χ2v) is 8.24. The molecule has 0 unspecified atom stereocenters. The van der Waals surface area contributed by atoms with Crippen LogP contribution in [0.25, 0.3) is 0 Å². The van der Waals surface area contributed by atoms with Crippen LogP contribution in [0.15, 0.2) is 24.3 Å². The van der Waals surface area contributed by atoms with E-state index in [-0.39, 0.29) is 0 Å². The van der Waals surface area contributed by atoms with Crippen molar-refractivity contribution >= 4 is 5.69 Å². The SMILES string of the molecule is Cc1ccc(N2CCN(C3CC(OC4CCN(C)CC4)C3)CC2)cc1. The van der Waals surface area contributed by atoms with Crippen LogP contribution in [0, 0.1) is 6.92 Å². The average molecular weight is 344 g/mol. The molecule has 0 N–H and O–H groups in total. The van der Waals surface area contributed by atoms with E-state index in [1.807, 2.05) is 0 Å². The van der Waals surface area contributed by atoms with E-state index in [0.717, 1.165) is 19.1 Å². The first-order chi connectivity index (χ1) is 12.2. The fraction of sp³-hybridized carbons (Fsp3) is 0.714. The number of hydrogen-bond donors (Lipinski definition) is 0. The van der Waals surface area contributed by atoms with Crippen LogP contribution < -0.4 is 4.90 Å². The minimum atomic E-state index is 0.514. The van der Waals surface area contributed by atoms with Gasteiger partial charge in [-0.25, -0.2) is 0 Å². The molecular formula is C21H33N3O. The summed E-state index contributed by atoms with van der Waals surface area (Å²) in [4.78, 5) is 7.64. The van der Waals surface area contributed by atoms with Crippen molar-refractivity contribution in [1.82, 2.24) is 9.80 Å². The maximum absolute atomic E-state index is 6.33. The van der Waals surface area contributed by atoms with Crippen LogP contribution in [0.2, 0.25) is 0 Å². The highest BCUT2D eigenvalue weighted by molar-refractivity contribution is 5.47. The van der Waals surface area contributed by atoms with Crippen molar-refractivity contribution < 1.29 is 4.74 Å². The van der Waals surface area contributed by atoms with Crippen molar-refractivity contribution in [2.45, 2.75) is 50.9 Å². The molecule has 4 nitrogen and oxygen atoms in total. The summed E-state index contributed by atoms with van der Waals surface area (Å²) in [7, 11) is 2.21. The van der Waals surface area contributed by atoms with Crippen molar-refractivity contribution in [3.63, 3.8) is 0 Å². The van der Waals surface area contributed by atoms with Crippen LogP contribution in [0.5, 0.6) is 0 Å². The minimum absolute atomic E-state index is 0.514. The van der Waals surface area contributed by atoms with Crippen molar-refractivity contribution in [1.29, 1.82) is 0 Å². The molecule has 0 spiro atoms. The van der Waals surface area contributed by atoms with E-state index < -0.39 is 0 Å².